The van der Waals surface area contributed by atoms with Crippen molar-refractivity contribution in [1.29, 1.82) is 0 Å². The van der Waals surface area contributed by atoms with E-state index in [0.29, 0.717) is 27.4 Å². The Hall–Kier alpha value is -1.81. The first-order chi connectivity index (χ1) is 11.2. The predicted molar refractivity (Wildman–Crippen MR) is 101 cm³/mol. The van der Waals surface area contributed by atoms with Crippen LogP contribution >= 0.6 is 20.5 Å². The first kappa shape index (κ1) is 18.5. The number of pyridine rings is 1. The number of sulfone groups is 1. The summed E-state index contributed by atoms with van der Waals surface area (Å²) in [5.74, 6) is 1.45. The van der Waals surface area contributed by atoms with E-state index in [2.05, 4.69) is 13.8 Å². The molecule has 0 atom stereocenters. The smallest absolute Gasteiger partial charge is 0.175 e. The Morgan fingerprint density at radius 3 is 2.21 bits per heavy atom. The molecule has 0 saturated carbocycles. The number of hydrogen-bond acceptors (Lipinski definition) is 4. The Balaban J connectivity index is 2.64. The van der Waals surface area contributed by atoms with Gasteiger partial charge >= 0.3 is 0 Å². The zero-order valence-electron chi connectivity index (χ0n) is 13.1. The van der Waals surface area contributed by atoms with Crippen LogP contribution in [0.1, 0.15) is 18.2 Å². The van der Waals surface area contributed by atoms with Crippen molar-refractivity contribution in [1.82, 2.24) is 4.98 Å². The van der Waals surface area contributed by atoms with E-state index in [1.807, 2.05) is 0 Å². The fraction of sp³-hybridized carbons (Fsp3) is 0.118. The van der Waals surface area contributed by atoms with Gasteiger partial charge in [0.25, 0.3) is 0 Å². The third kappa shape index (κ3) is 4.18. The van der Waals surface area contributed by atoms with Crippen molar-refractivity contribution in [3.8, 4) is 0 Å². The largest absolute Gasteiger partial charge is 0.294 e. The third-order valence-electron chi connectivity index (χ3n) is 3.34. The number of rotatable bonds is 5. The van der Waals surface area contributed by atoms with Crippen LogP contribution in [-0.4, -0.2) is 31.2 Å². The summed E-state index contributed by atoms with van der Waals surface area (Å²) < 4.78 is 23.1. The molecule has 2 rings (SSSR count). The molecule has 1 aromatic heterocycles. The van der Waals surface area contributed by atoms with Crippen LogP contribution < -0.4 is 0 Å². The number of allylic oxidation sites excluding steroid dienone is 2. The zero-order chi connectivity index (χ0) is 17.9. The molecule has 0 N–H and O–H groups in total. The summed E-state index contributed by atoms with van der Waals surface area (Å²) in [6.07, 6.45) is 2.62. The molecule has 0 amide bonds. The molecule has 7 heteroatoms. The highest BCUT2D eigenvalue weighted by atomic mass is 35.5. The first-order valence-electron chi connectivity index (χ1n) is 6.92. The van der Waals surface area contributed by atoms with Crippen LogP contribution in [0.2, 0.25) is 5.02 Å². The summed E-state index contributed by atoms with van der Waals surface area (Å²) in [5.41, 5.74) is 2.20. The van der Waals surface area contributed by atoms with Crippen molar-refractivity contribution in [2.45, 2.75) is 11.8 Å². The minimum absolute atomic E-state index is 0.165. The number of benzene rings is 1. The summed E-state index contributed by atoms with van der Waals surface area (Å²) in [6.45, 7) is 1.45. The highest BCUT2D eigenvalue weighted by Crippen LogP contribution is 2.27. The van der Waals surface area contributed by atoms with Crippen LogP contribution in [0.15, 0.2) is 47.5 Å². The number of hydrogen-bond donors (Lipinski definition) is 0. The van der Waals surface area contributed by atoms with Gasteiger partial charge in [-0.25, -0.2) is 8.42 Å². The van der Waals surface area contributed by atoms with Crippen molar-refractivity contribution in [3.63, 3.8) is 0 Å². The van der Waals surface area contributed by atoms with E-state index in [1.54, 1.807) is 30.1 Å². The molecule has 0 fully saturated rings. The van der Waals surface area contributed by atoms with Crippen molar-refractivity contribution < 1.29 is 13.2 Å². The van der Waals surface area contributed by atoms with Crippen LogP contribution in [0.25, 0.3) is 11.1 Å². The van der Waals surface area contributed by atoms with Gasteiger partial charge < -0.3 is 0 Å². The van der Waals surface area contributed by atoms with E-state index in [9.17, 15) is 13.2 Å². The van der Waals surface area contributed by atoms with Gasteiger partial charge in [-0.3, -0.25) is 9.78 Å². The third-order valence-corrected chi connectivity index (χ3v) is 4.98. The monoisotopic (exact) mass is 379 g/mol. The average molecular weight is 380 g/mol. The summed E-state index contributed by atoms with van der Waals surface area (Å²) in [4.78, 5) is 16.6. The molecule has 0 aliphatic rings. The molecule has 0 bridgehead atoms. The molecule has 1 heterocycles. The standard InChI is InChI=1S/C17H15ClNO3PS/c1-11(20)17(16-8-5-13(18)9-19-16)15(10-23)12-3-6-14(7-4-12)24(2,21)22/h3-10,23H,1-2H3/b17-15-. The lowest BCUT2D eigenvalue weighted by molar-refractivity contribution is -0.111. The van der Waals surface area contributed by atoms with E-state index in [1.165, 1.54) is 25.3 Å². The van der Waals surface area contributed by atoms with E-state index < -0.39 is 9.84 Å². The Morgan fingerprint density at radius 1 is 1.17 bits per heavy atom. The molecule has 0 radical (unpaired) electrons. The van der Waals surface area contributed by atoms with Gasteiger partial charge in [0.05, 0.1) is 21.2 Å². The molecule has 124 valence electrons. The molecule has 0 aliphatic heterocycles. The molecule has 0 saturated heterocycles. The Morgan fingerprint density at radius 2 is 1.79 bits per heavy atom. The number of aromatic nitrogens is 1. The fourth-order valence-corrected chi connectivity index (χ4v) is 3.27. The lowest BCUT2D eigenvalue weighted by atomic mass is 9.96. The minimum Gasteiger partial charge on any atom is -0.294 e. The van der Waals surface area contributed by atoms with Crippen LogP contribution in [0.5, 0.6) is 0 Å². The summed E-state index contributed by atoms with van der Waals surface area (Å²) in [6, 6.07) is 9.65. The topological polar surface area (TPSA) is 64.1 Å². The van der Waals surface area contributed by atoms with Gasteiger partial charge in [-0.05, 0) is 48.1 Å². The maximum Gasteiger partial charge on any atom is 0.175 e. The van der Waals surface area contributed by atoms with Gasteiger partial charge in [-0.15, -0.1) is 8.86 Å². The number of carbonyl (C=O) groups is 1. The van der Waals surface area contributed by atoms with Crippen molar-refractivity contribution in [3.05, 3.63) is 58.9 Å². The highest BCUT2D eigenvalue weighted by Gasteiger charge is 2.16. The molecule has 4 nitrogen and oxygen atoms in total. The second-order valence-corrected chi connectivity index (χ2v) is 7.89. The van der Waals surface area contributed by atoms with Crippen molar-refractivity contribution in [2.24, 2.45) is 0 Å². The quantitative estimate of drug-likeness (QED) is 0.588. The number of Topliss-reactive ketones (excluding diaryl/α,β-unsaturated/α-hetero) is 1. The first-order valence-corrected chi connectivity index (χ1v) is 9.77. The molecule has 24 heavy (non-hydrogen) atoms. The van der Waals surface area contributed by atoms with Gasteiger partial charge in [0.2, 0.25) is 0 Å². The van der Waals surface area contributed by atoms with E-state index in [0.717, 1.165) is 6.26 Å². The van der Waals surface area contributed by atoms with Crippen LogP contribution in [-0.2, 0) is 14.6 Å². The van der Waals surface area contributed by atoms with Crippen LogP contribution in [0.4, 0.5) is 0 Å². The highest BCUT2D eigenvalue weighted by molar-refractivity contribution is 7.90. The molecular formula is C17H15ClNO3PS. The second kappa shape index (κ2) is 7.39. The zero-order valence-corrected chi connectivity index (χ0v) is 15.6. The number of nitrogens with zero attached hydrogens (tertiary/aromatic N) is 1. The Bertz CT molecular complexity index is 917. The molecule has 0 aliphatic carbocycles. The lowest BCUT2D eigenvalue weighted by Crippen LogP contribution is -2.04. The van der Waals surface area contributed by atoms with Crippen molar-refractivity contribution >= 4 is 53.0 Å². The normalized spacial score (nSPS) is 12.5. The summed E-state index contributed by atoms with van der Waals surface area (Å²) in [7, 11) is 0.0605. The van der Waals surface area contributed by atoms with Gasteiger partial charge in [0.1, 0.15) is 0 Å². The predicted octanol–water partition coefficient (Wildman–Crippen LogP) is 3.58. The fourth-order valence-electron chi connectivity index (χ4n) is 2.21. The van der Waals surface area contributed by atoms with E-state index in [4.69, 9.17) is 11.6 Å². The van der Waals surface area contributed by atoms with E-state index in [-0.39, 0.29) is 10.7 Å². The van der Waals surface area contributed by atoms with Gasteiger partial charge in [-0.1, -0.05) is 23.7 Å². The number of halogens is 1. The number of ketones is 1. The van der Waals surface area contributed by atoms with Gasteiger partial charge in [0.15, 0.2) is 15.6 Å². The molecular weight excluding hydrogens is 365 g/mol. The maximum atomic E-state index is 12.2. The second-order valence-electron chi connectivity index (χ2n) is 5.15. The minimum atomic E-state index is -3.28. The average Bonchev–Trinajstić information content (AvgIpc) is 2.52. The van der Waals surface area contributed by atoms with Crippen LogP contribution in [0.3, 0.4) is 0 Å². The summed E-state index contributed by atoms with van der Waals surface area (Å²) >= 11 is 5.85. The van der Waals surface area contributed by atoms with Gasteiger partial charge in [0, 0.05) is 12.5 Å². The SMILES string of the molecule is CC(=O)/C(=C(\C=P)c1ccc(S(C)(=O)=O)cc1)c1ccc(Cl)cn1. The maximum absolute atomic E-state index is 12.2. The lowest BCUT2D eigenvalue weighted by Gasteiger charge is -2.11. The molecule has 0 unspecified atom stereocenters. The van der Waals surface area contributed by atoms with Crippen LogP contribution in [0, 0.1) is 0 Å². The van der Waals surface area contributed by atoms with Crippen molar-refractivity contribution in [2.75, 3.05) is 6.26 Å². The molecule has 2 aromatic rings. The van der Waals surface area contributed by atoms with Gasteiger partial charge in [-0.2, -0.15) is 0 Å². The Labute approximate surface area is 148 Å². The van der Waals surface area contributed by atoms with E-state index >= 15 is 0 Å². The Kier molecular flexibility index (Phi) is 5.70. The molecule has 0 spiro atoms. The molecule has 1 aromatic carbocycles. The summed E-state index contributed by atoms with van der Waals surface area (Å²) in [5, 5.41) is 0.475. The number of carbonyl (C=O) groups excluding carboxylic acids is 1.